The number of nitrogens with one attached hydrogen (secondary N) is 2. The van der Waals surface area contributed by atoms with E-state index in [0.29, 0.717) is 34.6 Å². The zero-order chi connectivity index (χ0) is 27.9. The summed E-state index contributed by atoms with van der Waals surface area (Å²) in [4.78, 5) is 16.3. The number of fused-ring (bicyclic) bond motifs is 1. The number of hydrogen-bond acceptors (Lipinski definition) is 7. The van der Waals surface area contributed by atoms with Gasteiger partial charge in [-0.25, -0.2) is 0 Å². The second kappa shape index (κ2) is 13.1. The number of anilines is 1. The zero-order valence-electron chi connectivity index (χ0n) is 23.0. The lowest BCUT2D eigenvalue weighted by Crippen LogP contribution is -2.35. The van der Waals surface area contributed by atoms with Crippen LogP contribution in [-0.4, -0.2) is 66.1 Å². The first kappa shape index (κ1) is 27.9. The smallest absolute Gasteiger partial charge is 0.266 e. The number of ether oxygens (including phenoxy) is 2. The number of hydrogen-bond donors (Lipinski definition) is 3. The van der Waals surface area contributed by atoms with E-state index in [1.165, 1.54) is 11.3 Å². The molecule has 0 saturated carbocycles. The van der Waals surface area contributed by atoms with E-state index in [0.717, 1.165) is 66.6 Å². The molecule has 0 radical (unpaired) electrons. The van der Waals surface area contributed by atoms with Crippen LogP contribution in [0.5, 0.6) is 11.5 Å². The average Bonchev–Trinajstić information content (AvgIpc) is 3.61. The molecule has 3 heterocycles. The first-order valence-electron chi connectivity index (χ1n) is 13.7. The van der Waals surface area contributed by atoms with Crippen LogP contribution >= 0.6 is 11.3 Å². The van der Waals surface area contributed by atoms with E-state index in [2.05, 4.69) is 20.4 Å². The number of aromatic nitrogens is 2. The molecule has 1 fully saturated rings. The Morgan fingerprint density at radius 2 is 2.02 bits per heavy atom. The molecule has 0 atom stereocenters. The first-order chi connectivity index (χ1) is 19.6. The number of rotatable bonds is 11. The molecule has 8 nitrogen and oxygen atoms in total. The maximum Gasteiger partial charge on any atom is 0.266 e. The number of nitrogens with zero attached hydrogens (tertiary/aromatic N) is 2. The van der Waals surface area contributed by atoms with Crippen molar-refractivity contribution in [3.05, 3.63) is 69.5 Å². The number of aliphatic hydroxyl groups excluding tert-OH is 1. The molecule has 1 saturated heterocycles. The van der Waals surface area contributed by atoms with Crippen LogP contribution in [0.3, 0.4) is 0 Å². The summed E-state index contributed by atoms with van der Waals surface area (Å²) in [6.07, 6.45) is 6.82. The van der Waals surface area contributed by atoms with E-state index in [9.17, 15) is 9.90 Å². The van der Waals surface area contributed by atoms with Crippen LogP contribution in [0.4, 0.5) is 5.69 Å². The minimum Gasteiger partial charge on any atom is -0.491 e. The second-order valence-electron chi connectivity index (χ2n) is 10.1. The fourth-order valence-electron chi connectivity index (χ4n) is 5.08. The van der Waals surface area contributed by atoms with Crippen LogP contribution in [0.2, 0.25) is 0 Å². The molecule has 0 spiro atoms. The Hall–Kier alpha value is -3.66. The number of carbonyl (C=O) groups excluding carboxylic acids is 1. The lowest BCUT2D eigenvalue weighted by molar-refractivity contribution is 0.102. The minimum absolute atomic E-state index is 0.186. The van der Waals surface area contributed by atoms with Gasteiger partial charge in [0, 0.05) is 24.1 Å². The Morgan fingerprint density at radius 1 is 1.20 bits per heavy atom. The number of H-pyrrole nitrogens is 1. The number of para-hydroxylation sites is 1. The normalized spacial score (nSPS) is 14.7. The van der Waals surface area contributed by atoms with Gasteiger partial charge in [0.05, 0.1) is 35.5 Å². The van der Waals surface area contributed by atoms with Crippen molar-refractivity contribution in [3.8, 4) is 11.5 Å². The number of aliphatic hydroxyl groups is 1. The minimum atomic E-state index is -0.186. The first-order valence-corrected chi connectivity index (χ1v) is 14.6. The van der Waals surface area contributed by atoms with E-state index >= 15 is 0 Å². The summed E-state index contributed by atoms with van der Waals surface area (Å²) in [7, 11) is 1.59. The predicted molar refractivity (Wildman–Crippen MR) is 161 cm³/mol. The molecule has 5 rings (SSSR count). The number of piperidine rings is 1. The van der Waals surface area contributed by atoms with Crippen molar-refractivity contribution < 1.29 is 19.4 Å². The molecule has 1 aliphatic heterocycles. The molecule has 210 valence electrons. The predicted octanol–water partition coefficient (Wildman–Crippen LogP) is 5.84. The highest BCUT2D eigenvalue weighted by Crippen LogP contribution is 2.40. The molecule has 2 aromatic heterocycles. The topological polar surface area (TPSA) is 99.7 Å². The maximum atomic E-state index is 13.3. The molecule has 9 heteroatoms. The van der Waals surface area contributed by atoms with Crippen molar-refractivity contribution in [1.82, 2.24) is 15.1 Å². The van der Waals surface area contributed by atoms with Crippen LogP contribution in [0.15, 0.2) is 47.8 Å². The molecule has 1 amide bonds. The highest BCUT2D eigenvalue weighted by molar-refractivity contribution is 7.12. The van der Waals surface area contributed by atoms with Crippen LogP contribution in [0.25, 0.3) is 23.1 Å². The third kappa shape index (κ3) is 6.38. The molecule has 4 aromatic rings. The van der Waals surface area contributed by atoms with E-state index in [4.69, 9.17) is 9.47 Å². The number of benzene rings is 2. The monoisotopic (exact) mass is 560 g/mol. The third-order valence-corrected chi connectivity index (χ3v) is 8.44. The Balaban J connectivity index is 1.35. The molecular weight excluding hydrogens is 524 g/mol. The SMILES string of the molecule is COc1c(OCCCN2CCC(CO)CC2)ccc(/C=C/c2n[nH]c3ccccc23)c1NC(=O)c1sccc1C. The number of aryl methyl sites for hydroxylation is 1. The number of amides is 1. The Bertz CT molecular complexity index is 1470. The van der Waals surface area contributed by atoms with Gasteiger partial charge in [-0.2, -0.15) is 5.10 Å². The van der Waals surface area contributed by atoms with Crippen molar-refractivity contribution in [2.24, 2.45) is 5.92 Å². The van der Waals surface area contributed by atoms with Crippen LogP contribution < -0.4 is 14.8 Å². The molecular formula is C31H36N4O4S. The Kier molecular flexibility index (Phi) is 9.15. The summed E-state index contributed by atoms with van der Waals surface area (Å²) in [5.41, 5.74) is 4.04. The summed E-state index contributed by atoms with van der Waals surface area (Å²) in [6, 6.07) is 13.7. The molecule has 0 bridgehead atoms. The second-order valence-corrected chi connectivity index (χ2v) is 11.0. The number of likely N-dealkylation sites (tertiary alicyclic amines) is 1. The highest BCUT2D eigenvalue weighted by Gasteiger charge is 2.20. The summed E-state index contributed by atoms with van der Waals surface area (Å²) in [6.45, 7) is 5.71. The average molecular weight is 561 g/mol. The van der Waals surface area contributed by atoms with Crippen LogP contribution in [-0.2, 0) is 0 Å². The van der Waals surface area contributed by atoms with E-state index in [-0.39, 0.29) is 12.5 Å². The van der Waals surface area contributed by atoms with Crippen LogP contribution in [0, 0.1) is 12.8 Å². The van der Waals surface area contributed by atoms with Gasteiger partial charge in [0.15, 0.2) is 11.5 Å². The maximum absolute atomic E-state index is 13.3. The number of methoxy groups -OCH3 is 1. The van der Waals surface area contributed by atoms with Crippen molar-refractivity contribution in [2.45, 2.75) is 26.2 Å². The molecule has 0 unspecified atom stereocenters. The van der Waals surface area contributed by atoms with Gasteiger partial charge < -0.3 is 24.8 Å². The van der Waals surface area contributed by atoms with Gasteiger partial charge in [-0.15, -0.1) is 11.3 Å². The molecule has 2 aromatic carbocycles. The van der Waals surface area contributed by atoms with Gasteiger partial charge in [-0.1, -0.05) is 24.3 Å². The summed E-state index contributed by atoms with van der Waals surface area (Å²) in [5.74, 6) is 1.32. The zero-order valence-corrected chi connectivity index (χ0v) is 23.8. The summed E-state index contributed by atoms with van der Waals surface area (Å²) < 4.78 is 12.0. The number of thiophene rings is 1. The van der Waals surface area contributed by atoms with Gasteiger partial charge in [0.2, 0.25) is 0 Å². The van der Waals surface area contributed by atoms with Crippen molar-refractivity contribution in [2.75, 3.05) is 45.3 Å². The lowest BCUT2D eigenvalue weighted by Gasteiger charge is -2.30. The fourth-order valence-corrected chi connectivity index (χ4v) is 5.90. The van der Waals surface area contributed by atoms with Gasteiger partial charge in [0.1, 0.15) is 0 Å². The Morgan fingerprint density at radius 3 is 2.77 bits per heavy atom. The van der Waals surface area contributed by atoms with E-state index in [1.807, 2.05) is 66.9 Å². The van der Waals surface area contributed by atoms with E-state index in [1.54, 1.807) is 7.11 Å². The largest absolute Gasteiger partial charge is 0.491 e. The molecule has 40 heavy (non-hydrogen) atoms. The quantitative estimate of drug-likeness (QED) is 0.199. The van der Waals surface area contributed by atoms with Crippen molar-refractivity contribution in [3.63, 3.8) is 0 Å². The lowest BCUT2D eigenvalue weighted by atomic mass is 9.98. The summed E-state index contributed by atoms with van der Waals surface area (Å²) >= 11 is 1.41. The van der Waals surface area contributed by atoms with E-state index < -0.39 is 0 Å². The third-order valence-electron chi connectivity index (χ3n) is 7.43. The van der Waals surface area contributed by atoms with Crippen molar-refractivity contribution >= 4 is 46.0 Å². The number of carbonyl (C=O) groups is 1. The number of aromatic amines is 1. The van der Waals surface area contributed by atoms with Crippen LogP contribution in [0.1, 0.15) is 45.8 Å². The van der Waals surface area contributed by atoms with Gasteiger partial charge >= 0.3 is 0 Å². The molecule has 3 N–H and O–H groups in total. The highest BCUT2D eigenvalue weighted by atomic mass is 32.1. The van der Waals surface area contributed by atoms with Gasteiger partial charge in [-0.3, -0.25) is 9.89 Å². The standard InChI is InChI=1S/C31H36N4O4S/c1-21-14-19-40-30(21)31(37)32-28-23(8-10-26-24-6-3-4-7-25(24)33-34-26)9-11-27(29(28)38-2)39-18-5-15-35-16-12-22(20-36)13-17-35/h3-4,6-11,14,19,22,36H,5,12-13,15-18,20H2,1-2H3,(H,32,37)(H,33,34)/b10-8+. The summed E-state index contributed by atoms with van der Waals surface area (Å²) in [5, 5.41) is 22.9. The molecule has 0 aliphatic carbocycles. The Labute approximate surface area is 238 Å². The fraction of sp³-hybridized carbons (Fsp3) is 0.355. The van der Waals surface area contributed by atoms with Gasteiger partial charge in [0.25, 0.3) is 5.91 Å². The van der Waals surface area contributed by atoms with Gasteiger partial charge in [-0.05, 0) is 86.5 Å². The van der Waals surface area contributed by atoms with Crippen molar-refractivity contribution in [1.29, 1.82) is 0 Å². The molecule has 1 aliphatic rings.